The van der Waals surface area contributed by atoms with Crippen LogP contribution in [0.2, 0.25) is 5.02 Å². The molecule has 4 rings (SSSR count). The highest BCUT2D eigenvalue weighted by Crippen LogP contribution is 2.27. The summed E-state index contributed by atoms with van der Waals surface area (Å²) in [5, 5.41) is 11.8. The second-order valence-electron chi connectivity index (χ2n) is 5.29. The Labute approximate surface area is 156 Å². The standard InChI is InChI=1S/C16H12ClN5OS2/c1-21-15(12-3-2-6-24-12)19-20-16(21)25-9-11-7-14(23)22-8-10(17)4-5-13(22)18-11/h2-8H,9H2,1H3. The van der Waals surface area contributed by atoms with Gasteiger partial charge in [-0.2, -0.15) is 0 Å². The van der Waals surface area contributed by atoms with Crippen LogP contribution in [0.25, 0.3) is 16.3 Å². The number of pyridine rings is 1. The van der Waals surface area contributed by atoms with Crippen LogP contribution in [0.5, 0.6) is 0 Å². The van der Waals surface area contributed by atoms with Crippen molar-refractivity contribution < 1.29 is 0 Å². The van der Waals surface area contributed by atoms with E-state index in [0.717, 1.165) is 15.9 Å². The Bertz CT molecular complexity index is 1100. The number of fused-ring (bicyclic) bond motifs is 1. The number of hydrogen-bond acceptors (Lipinski definition) is 6. The molecule has 0 aromatic carbocycles. The van der Waals surface area contributed by atoms with E-state index in [1.807, 2.05) is 29.1 Å². The SMILES string of the molecule is Cn1c(SCc2cc(=O)n3cc(Cl)ccc3n2)nnc1-c1cccs1. The van der Waals surface area contributed by atoms with E-state index in [1.54, 1.807) is 29.7 Å². The Kier molecular flexibility index (Phi) is 4.32. The molecule has 0 N–H and O–H groups in total. The highest BCUT2D eigenvalue weighted by atomic mass is 35.5. The van der Waals surface area contributed by atoms with Gasteiger partial charge in [-0.05, 0) is 23.6 Å². The summed E-state index contributed by atoms with van der Waals surface area (Å²) in [5.41, 5.74) is 1.11. The van der Waals surface area contributed by atoms with Gasteiger partial charge in [-0.3, -0.25) is 9.20 Å². The van der Waals surface area contributed by atoms with Crippen LogP contribution >= 0.6 is 34.7 Å². The minimum Gasteiger partial charge on any atom is -0.304 e. The summed E-state index contributed by atoms with van der Waals surface area (Å²) in [6, 6.07) is 8.97. The van der Waals surface area contributed by atoms with Crippen LogP contribution in [0.15, 0.2) is 51.9 Å². The first-order chi connectivity index (χ1) is 12.1. The van der Waals surface area contributed by atoms with Crippen molar-refractivity contribution in [2.75, 3.05) is 0 Å². The molecule has 0 radical (unpaired) electrons. The van der Waals surface area contributed by atoms with Crippen LogP contribution in [-0.2, 0) is 12.8 Å². The topological polar surface area (TPSA) is 65.1 Å². The van der Waals surface area contributed by atoms with Gasteiger partial charge in [-0.25, -0.2) is 4.98 Å². The largest absolute Gasteiger partial charge is 0.304 e. The minimum atomic E-state index is -0.152. The molecule has 0 bridgehead atoms. The third-order valence-electron chi connectivity index (χ3n) is 3.60. The average Bonchev–Trinajstić information content (AvgIpc) is 3.23. The maximum Gasteiger partial charge on any atom is 0.258 e. The van der Waals surface area contributed by atoms with E-state index >= 15 is 0 Å². The lowest BCUT2D eigenvalue weighted by molar-refractivity contribution is 0.794. The Balaban J connectivity index is 1.59. The fourth-order valence-electron chi connectivity index (χ4n) is 2.40. The van der Waals surface area contributed by atoms with Crippen LogP contribution in [0.4, 0.5) is 0 Å². The Morgan fingerprint density at radius 3 is 2.96 bits per heavy atom. The molecule has 126 valence electrons. The molecule has 6 nitrogen and oxygen atoms in total. The zero-order valence-electron chi connectivity index (χ0n) is 13.1. The van der Waals surface area contributed by atoms with Crippen LogP contribution in [0, 0.1) is 0 Å². The molecule has 9 heteroatoms. The van der Waals surface area contributed by atoms with E-state index in [4.69, 9.17) is 11.6 Å². The number of nitrogens with zero attached hydrogens (tertiary/aromatic N) is 5. The van der Waals surface area contributed by atoms with Gasteiger partial charge in [0.25, 0.3) is 5.56 Å². The lowest BCUT2D eigenvalue weighted by Gasteiger charge is -2.05. The predicted molar refractivity (Wildman–Crippen MR) is 100 cm³/mol. The van der Waals surface area contributed by atoms with Gasteiger partial charge in [0.2, 0.25) is 0 Å². The minimum absolute atomic E-state index is 0.152. The first kappa shape index (κ1) is 16.3. The summed E-state index contributed by atoms with van der Waals surface area (Å²) in [6.07, 6.45) is 1.57. The number of halogens is 1. The number of aromatic nitrogens is 5. The fraction of sp³-hybridized carbons (Fsp3) is 0.125. The second kappa shape index (κ2) is 6.62. The second-order valence-corrected chi connectivity index (χ2v) is 7.62. The molecule has 0 aliphatic carbocycles. The summed E-state index contributed by atoms with van der Waals surface area (Å²) in [5.74, 6) is 1.36. The summed E-state index contributed by atoms with van der Waals surface area (Å²) >= 11 is 9.04. The molecule has 0 spiro atoms. The van der Waals surface area contributed by atoms with Gasteiger partial charge in [0.05, 0.1) is 15.6 Å². The lowest BCUT2D eigenvalue weighted by atomic mass is 10.4. The molecule has 0 saturated heterocycles. The van der Waals surface area contributed by atoms with Gasteiger partial charge >= 0.3 is 0 Å². The third-order valence-corrected chi connectivity index (χ3v) is 5.75. The molecule has 0 unspecified atom stereocenters. The van der Waals surface area contributed by atoms with Crippen LogP contribution in [0.3, 0.4) is 0 Å². The molecule has 4 aromatic heterocycles. The predicted octanol–water partition coefficient (Wildman–Crippen LogP) is 3.50. The molecule has 0 aliphatic rings. The van der Waals surface area contributed by atoms with Gasteiger partial charge in [0.15, 0.2) is 11.0 Å². The maximum absolute atomic E-state index is 12.2. The molecular formula is C16H12ClN5OS2. The highest BCUT2D eigenvalue weighted by molar-refractivity contribution is 7.98. The van der Waals surface area contributed by atoms with E-state index in [1.165, 1.54) is 22.2 Å². The number of hydrogen-bond donors (Lipinski definition) is 0. The number of thiophene rings is 1. The first-order valence-electron chi connectivity index (χ1n) is 7.36. The fourth-order valence-corrected chi connectivity index (χ4v) is 4.11. The van der Waals surface area contributed by atoms with Crippen molar-refractivity contribution in [3.05, 3.63) is 63.0 Å². The Hall–Kier alpha value is -2.16. The van der Waals surface area contributed by atoms with Crippen molar-refractivity contribution in [3.63, 3.8) is 0 Å². The zero-order valence-corrected chi connectivity index (χ0v) is 15.5. The van der Waals surface area contributed by atoms with Crippen molar-refractivity contribution >= 4 is 40.3 Å². The van der Waals surface area contributed by atoms with Crippen LogP contribution < -0.4 is 5.56 Å². The van der Waals surface area contributed by atoms with E-state index in [0.29, 0.717) is 22.1 Å². The number of rotatable bonds is 4. The van der Waals surface area contributed by atoms with Crippen LogP contribution in [-0.4, -0.2) is 24.1 Å². The Morgan fingerprint density at radius 2 is 2.16 bits per heavy atom. The number of thioether (sulfide) groups is 1. The van der Waals surface area contributed by atoms with Gasteiger partial charge in [0, 0.05) is 25.1 Å². The first-order valence-corrected chi connectivity index (χ1v) is 9.60. The lowest BCUT2D eigenvalue weighted by Crippen LogP contribution is -2.15. The van der Waals surface area contributed by atoms with Crippen molar-refractivity contribution in [2.24, 2.45) is 7.05 Å². The smallest absolute Gasteiger partial charge is 0.258 e. The molecule has 0 atom stereocenters. The molecule has 0 amide bonds. The third kappa shape index (κ3) is 3.20. The molecule has 0 saturated carbocycles. The molecule has 4 aromatic rings. The van der Waals surface area contributed by atoms with Crippen molar-refractivity contribution in [1.82, 2.24) is 24.1 Å². The van der Waals surface area contributed by atoms with E-state index in [2.05, 4.69) is 15.2 Å². The van der Waals surface area contributed by atoms with Gasteiger partial charge in [-0.1, -0.05) is 29.4 Å². The normalized spacial score (nSPS) is 11.3. The van der Waals surface area contributed by atoms with Gasteiger partial charge in [-0.15, -0.1) is 21.5 Å². The van der Waals surface area contributed by atoms with Gasteiger partial charge in [0.1, 0.15) is 5.65 Å². The van der Waals surface area contributed by atoms with Crippen molar-refractivity contribution in [3.8, 4) is 10.7 Å². The molecule has 0 aliphatic heterocycles. The van der Waals surface area contributed by atoms with E-state index < -0.39 is 0 Å². The van der Waals surface area contributed by atoms with Gasteiger partial charge < -0.3 is 4.57 Å². The Morgan fingerprint density at radius 1 is 1.28 bits per heavy atom. The molecule has 25 heavy (non-hydrogen) atoms. The van der Waals surface area contributed by atoms with E-state index in [-0.39, 0.29) is 5.56 Å². The molecule has 0 fully saturated rings. The summed E-state index contributed by atoms with van der Waals surface area (Å²) in [6.45, 7) is 0. The maximum atomic E-state index is 12.2. The van der Waals surface area contributed by atoms with Crippen LogP contribution in [0.1, 0.15) is 5.69 Å². The monoisotopic (exact) mass is 389 g/mol. The zero-order chi connectivity index (χ0) is 17.4. The highest BCUT2D eigenvalue weighted by Gasteiger charge is 2.13. The summed E-state index contributed by atoms with van der Waals surface area (Å²) < 4.78 is 3.39. The molecule has 4 heterocycles. The van der Waals surface area contributed by atoms with Crippen molar-refractivity contribution in [2.45, 2.75) is 10.9 Å². The summed E-state index contributed by atoms with van der Waals surface area (Å²) in [7, 11) is 1.93. The van der Waals surface area contributed by atoms with E-state index in [9.17, 15) is 4.79 Å². The average molecular weight is 390 g/mol. The summed E-state index contributed by atoms with van der Waals surface area (Å²) in [4.78, 5) is 17.8. The van der Waals surface area contributed by atoms with Crippen molar-refractivity contribution in [1.29, 1.82) is 0 Å². The quantitative estimate of drug-likeness (QED) is 0.500. The molecular weight excluding hydrogens is 378 g/mol.